The molecule has 0 radical (unpaired) electrons. The maximum Gasteiger partial charge on any atom is 0.234 e. The number of amides is 1. The zero-order chi connectivity index (χ0) is 12.8. The standard InChI is InChI=1S/C13H27N3O/c1-4-12(9-14)8-13(17)15-16-10(2)6-5-7-11(16)3/h10-12H,4-9,14H2,1-3H3,(H,15,17). The van der Waals surface area contributed by atoms with E-state index in [9.17, 15) is 4.79 Å². The lowest BCUT2D eigenvalue weighted by Gasteiger charge is -2.39. The molecule has 0 aromatic carbocycles. The van der Waals surface area contributed by atoms with Gasteiger partial charge in [0.05, 0.1) is 0 Å². The van der Waals surface area contributed by atoms with Crippen LogP contribution in [-0.2, 0) is 4.79 Å². The van der Waals surface area contributed by atoms with Crippen LogP contribution in [0, 0.1) is 5.92 Å². The molecule has 3 atom stereocenters. The second-order valence-electron chi connectivity index (χ2n) is 5.29. The molecule has 100 valence electrons. The van der Waals surface area contributed by atoms with E-state index < -0.39 is 0 Å². The van der Waals surface area contributed by atoms with Crippen LogP contribution in [0.5, 0.6) is 0 Å². The molecule has 1 aliphatic heterocycles. The molecule has 1 saturated heterocycles. The molecule has 0 aliphatic carbocycles. The molecule has 0 spiro atoms. The Hall–Kier alpha value is -0.610. The SMILES string of the molecule is CCC(CN)CC(=O)NN1C(C)CCCC1C. The Morgan fingerprint density at radius 3 is 2.47 bits per heavy atom. The monoisotopic (exact) mass is 241 g/mol. The van der Waals surface area contributed by atoms with Gasteiger partial charge in [-0.1, -0.05) is 19.8 Å². The molecule has 4 heteroatoms. The van der Waals surface area contributed by atoms with Crippen LogP contribution in [0.2, 0.25) is 0 Å². The molecule has 0 aromatic heterocycles. The number of nitrogens with zero attached hydrogens (tertiary/aromatic N) is 1. The summed E-state index contributed by atoms with van der Waals surface area (Å²) in [7, 11) is 0. The summed E-state index contributed by atoms with van der Waals surface area (Å²) in [5, 5.41) is 2.12. The molecule has 1 aliphatic rings. The van der Waals surface area contributed by atoms with E-state index in [0.717, 1.165) is 6.42 Å². The minimum absolute atomic E-state index is 0.114. The van der Waals surface area contributed by atoms with Gasteiger partial charge in [0.25, 0.3) is 0 Å². The van der Waals surface area contributed by atoms with Gasteiger partial charge in [0.15, 0.2) is 0 Å². The molecule has 1 fully saturated rings. The van der Waals surface area contributed by atoms with Crippen molar-refractivity contribution >= 4 is 5.91 Å². The Morgan fingerprint density at radius 1 is 1.41 bits per heavy atom. The molecule has 1 amide bonds. The van der Waals surface area contributed by atoms with Crippen molar-refractivity contribution in [2.45, 2.75) is 65.0 Å². The van der Waals surface area contributed by atoms with Gasteiger partial charge in [-0.25, -0.2) is 5.01 Å². The molecule has 0 bridgehead atoms. The summed E-state index contributed by atoms with van der Waals surface area (Å²) >= 11 is 0. The average molecular weight is 241 g/mol. The second-order valence-corrected chi connectivity index (χ2v) is 5.29. The predicted molar refractivity (Wildman–Crippen MR) is 70.2 cm³/mol. The van der Waals surface area contributed by atoms with Gasteiger partial charge in [-0.05, 0) is 39.2 Å². The Balaban J connectivity index is 2.43. The Kier molecular flexibility index (Phi) is 5.92. The van der Waals surface area contributed by atoms with Crippen molar-refractivity contribution in [3.8, 4) is 0 Å². The van der Waals surface area contributed by atoms with E-state index in [0.29, 0.717) is 31.0 Å². The zero-order valence-corrected chi connectivity index (χ0v) is 11.4. The fourth-order valence-electron chi connectivity index (χ4n) is 2.49. The van der Waals surface area contributed by atoms with E-state index in [-0.39, 0.29) is 5.91 Å². The van der Waals surface area contributed by atoms with Gasteiger partial charge < -0.3 is 5.73 Å². The van der Waals surface area contributed by atoms with Crippen molar-refractivity contribution in [3.05, 3.63) is 0 Å². The highest BCUT2D eigenvalue weighted by Crippen LogP contribution is 2.20. The fourth-order valence-corrected chi connectivity index (χ4v) is 2.49. The van der Waals surface area contributed by atoms with Crippen molar-refractivity contribution in [1.82, 2.24) is 10.4 Å². The number of nitrogens with two attached hydrogens (primary N) is 1. The minimum atomic E-state index is 0.114. The van der Waals surface area contributed by atoms with E-state index in [1.807, 2.05) is 0 Å². The summed E-state index contributed by atoms with van der Waals surface area (Å²) in [6, 6.07) is 0.890. The number of rotatable bonds is 5. The second kappa shape index (κ2) is 6.97. The molecule has 0 aromatic rings. The van der Waals surface area contributed by atoms with Crippen LogP contribution >= 0.6 is 0 Å². The lowest BCUT2D eigenvalue weighted by molar-refractivity contribution is -0.130. The zero-order valence-electron chi connectivity index (χ0n) is 11.4. The highest BCUT2D eigenvalue weighted by atomic mass is 16.2. The van der Waals surface area contributed by atoms with Gasteiger partial charge >= 0.3 is 0 Å². The van der Waals surface area contributed by atoms with E-state index in [1.54, 1.807) is 0 Å². The van der Waals surface area contributed by atoms with Crippen LogP contribution in [0.3, 0.4) is 0 Å². The molecule has 3 N–H and O–H groups in total. The molecule has 3 unspecified atom stereocenters. The van der Waals surface area contributed by atoms with Gasteiger partial charge in [0.2, 0.25) is 5.91 Å². The van der Waals surface area contributed by atoms with E-state index >= 15 is 0 Å². The maximum atomic E-state index is 11.9. The molecule has 17 heavy (non-hydrogen) atoms. The number of nitrogens with one attached hydrogen (secondary N) is 1. The number of carbonyl (C=O) groups excluding carboxylic acids is 1. The van der Waals surface area contributed by atoms with Gasteiger partial charge in [0.1, 0.15) is 0 Å². The maximum absolute atomic E-state index is 11.9. The summed E-state index contributed by atoms with van der Waals surface area (Å²) in [5.41, 5.74) is 8.68. The topological polar surface area (TPSA) is 58.4 Å². The molecule has 4 nitrogen and oxygen atoms in total. The Bertz CT molecular complexity index is 231. The van der Waals surface area contributed by atoms with Crippen LogP contribution in [0.25, 0.3) is 0 Å². The summed E-state index contributed by atoms with van der Waals surface area (Å²) in [4.78, 5) is 11.9. The van der Waals surface area contributed by atoms with Crippen LogP contribution in [0.1, 0.15) is 52.9 Å². The first-order chi connectivity index (χ1) is 8.08. The predicted octanol–water partition coefficient (Wildman–Crippen LogP) is 1.66. The Morgan fingerprint density at radius 2 is 2.00 bits per heavy atom. The first-order valence-corrected chi connectivity index (χ1v) is 6.86. The first kappa shape index (κ1) is 14.5. The number of hydrazine groups is 1. The van der Waals surface area contributed by atoms with Crippen molar-refractivity contribution in [3.63, 3.8) is 0 Å². The summed E-state index contributed by atoms with van der Waals surface area (Å²) < 4.78 is 0. The lowest BCUT2D eigenvalue weighted by Crippen LogP contribution is -2.54. The van der Waals surface area contributed by atoms with Crippen molar-refractivity contribution in [2.24, 2.45) is 11.7 Å². The van der Waals surface area contributed by atoms with Crippen molar-refractivity contribution in [1.29, 1.82) is 0 Å². The van der Waals surface area contributed by atoms with E-state index in [4.69, 9.17) is 5.73 Å². The van der Waals surface area contributed by atoms with Crippen LogP contribution in [0.4, 0.5) is 0 Å². The van der Waals surface area contributed by atoms with Crippen molar-refractivity contribution in [2.75, 3.05) is 6.54 Å². The van der Waals surface area contributed by atoms with Gasteiger partial charge in [-0.2, -0.15) is 0 Å². The Labute approximate surface area is 105 Å². The molecule has 0 saturated carbocycles. The lowest BCUT2D eigenvalue weighted by atomic mass is 9.99. The summed E-state index contributed by atoms with van der Waals surface area (Å²) in [5.74, 6) is 0.424. The third-order valence-corrected chi connectivity index (χ3v) is 3.83. The normalized spacial score (nSPS) is 27.8. The quantitative estimate of drug-likeness (QED) is 0.769. The number of carbonyl (C=O) groups is 1. The van der Waals surface area contributed by atoms with E-state index in [2.05, 4.69) is 31.2 Å². The van der Waals surface area contributed by atoms with Crippen molar-refractivity contribution < 1.29 is 4.79 Å². The minimum Gasteiger partial charge on any atom is -0.330 e. The number of piperidine rings is 1. The fraction of sp³-hybridized carbons (Fsp3) is 0.923. The molecular weight excluding hydrogens is 214 g/mol. The average Bonchev–Trinajstić information content (AvgIpc) is 2.31. The van der Waals surface area contributed by atoms with Crippen LogP contribution < -0.4 is 11.2 Å². The molecular formula is C13H27N3O. The summed E-state index contributed by atoms with van der Waals surface area (Å²) in [6.07, 6.45) is 5.10. The van der Waals surface area contributed by atoms with Gasteiger partial charge in [-0.3, -0.25) is 10.2 Å². The summed E-state index contributed by atoms with van der Waals surface area (Å²) in [6.45, 7) is 7.03. The third kappa shape index (κ3) is 4.28. The number of hydrogen-bond acceptors (Lipinski definition) is 3. The number of hydrogen-bond donors (Lipinski definition) is 2. The molecule has 1 heterocycles. The van der Waals surface area contributed by atoms with E-state index in [1.165, 1.54) is 19.3 Å². The largest absolute Gasteiger partial charge is 0.330 e. The van der Waals surface area contributed by atoms with Crippen LogP contribution in [0.15, 0.2) is 0 Å². The van der Waals surface area contributed by atoms with Crippen LogP contribution in [-0.4, -0.2) is 29.5 Å². The highest BCUT2D eigenvalue weighted by molar-refractivity contribution is 5.75. The highest BCUT2D eigenvalue weighted by Gasteiger charge is 2.26. The first-order valence-electron chi connectivity index (χ1n) is 6.86. The third-order valence-electron chi connectivity index (χ3n) is 3.83. The van der Waals surface area contributed by atoms with Gasteiger partial charge in [0, 0.05) is 18.5 Å². The molecule has 1 rings (SSSR count). The van der Waals surface area contributed by atoms with Gasteiger partial charge in [-0.15, -0.1) is 0 Å². The smallest absolute Gasteiger partial charge is 0.234 e.